The third-order valence-corrected chi connectivity index (χ3v) is 2.29. The maximum absolute atomic E-state index is 4.77. The summed E-state index contributed by atoms with van der Waals surface area (Å²) in [4.78, 5) is 9.46. The van der Waals surface area contributed by atoms with Gasteiger partial charge in [0.1, 0.15) is 0 Å². The molecule has 0 radical (unpaired) electrons. The quantitative estimate of drug-likeness (QED) is 0.274. The Morgan fingerprint density at radius 2 is 1.06 bits per heavy atom. The van der Waals surface area contributed by atoms with Gasteiger partial charge >= 0.3 is 0 Å². The van der Waals surface area contributed by atoms with E-state index in [1.54, 1.807) is 0 Å². The summed E-state index contributed by atoms with van der Waals surface area (Å²) in [5.41, 5.74) is 0. The Kier molecular flexibility index (Phi) is 14.7. The molecule has 0 atom stereocenters. The second-order valence-corrected chi connectivity index (χ2v) is 3.90. The fourth-order valence-electron chi connectivity index (χ4n) is 1.25. The van der Waals surface area contributed by atoms with Gasteiger partial charge in [-0.05, 0) is 22.9 Å². The first-order valence-corrected chi connectivity index (χ1v) is 6.49. The molecule has 0 N–H and O–H groups in total. The zero-order valence-electron chi connectivity index (χ0n) is 10.7. The van der Waals surface area contributed by atoms with Gasteiger partial charge in [0, 0.05) is 0 Å². The van der Waals surface area contributed by atoms with Crippen LogP contribution in [0.2, 0.25) is 0 Å². The van der Waals surface area contributed by atoms with Gasteiger partial charge in [0.15, 0.2) is 0 Å². The molecule has 0 fully saturated rings. The van der Waals surface area contributed by atoms with E-state index in [9.17, 15) is 0 Å². The highest BCUT2D eigenvalue weighted by Crippen LogP contribution is 2.04. The van der Waals surface area contributed by atoms with Crippen molar-refractivity contribution < 1.29 is 19.9 Å². The summed E-state index contributed by atoms with van der Waals surface area (Å²) < 4.78 is 0. The molecule has 0 heterocycles. The van der Waals surface area contributed by atoms with Gasteiger partial charge in [-0.3, -0.25) is 0 Å². The first kappa shape index (κ1) is 15.8. The average Bonchev–Trinajstić information content (AvgIpc) is 2.31. The predicted molar refractivity (Wildman–Crippen MR) is 62.4 cm³/mol. The minimum atomic E-state index is 0.539. The highest BCUT2D eigenvalue weighted by Gasteiger charge is 1.93. The Labute approximate surface area is 99.0 Å². The first-order valence-electron chi connectivity index (χ1n) is 6.49. The van der Waals surface area contributed by atoms with Gasteiger partial charge in [0.05, 0.1) is 13.2 Å². The Bertz CT molecular complexity index is 106. The maximum atomic E-state index is 4.77. The van der Waals surface area contributed by atoms with Crippen molar-refractivity contribution in [2.75, 3.05) is 13.2 Å². The van der Waals surface area contributed by atoms with Crippen molar-refractivity contribution in [2.24, 2.45) is 0 Å². The first-order chi connectivity index (χ1) is 7.91. The molecule has 0 aliphatic rings. The number of rotatable bonds is 13. The summed E-state index contributed by atoms with van der Waals surface area (Å²) in [6, 6.07) is 0. The molecule has 4 nitrogen and oxygen atoms in total. The molecule has 16 heavy (non-hydrogen) atoms. The van der Waals surface area contributed by atoms with Gasteiger partial charge < -0.3 is 0 Å². The van der Waals surface area contributed by atoms with Crippen LogP contribution in [-0.4, -0.2) is 13.2 Å². The van der Waals surface area contributed by atoms with E-state index in [-0.39, 0.29) is 0 Å². The normalized spacial score (nSPS) is 10.9. The lowest BCUT2D eigenvalue weighted by atomic mass is 10.1. The number of hydrogen-bond donors (Lipinski definition) is 0. The van der Waals surface area contributed by atoms with Crippen LogP contribution in [0.5, 0.6) is 0 Å². The van der Waals surface area contributed by atoms with E-state index in [2.05, 4.69) is 28.8 Å². The van der Waals surface area contributed by atoms with Crippen molar-refractivity contribution in [3.63, 3.8) is 0 Å². The molecule has 0 amide bonds. The zero-order chi connectivity index (χ0) is 11.9. The third-order valence-electron chi connectivity index (χ3n) is 2.29. The highest BCUT2D eigenvalue weighted by molar-refractivity contribution is 4.42. The van der Waals surface area contributed by atoms with E-state index in [0.29, 0.717) is 13.2 Å². The molecular formula is C12H26O4. The smallest absolute Gasteiger partial charge is 0.0854 e. The summed E-state index contributed by atoms with van der Waals surface area (Å²) in [6.07, 6.45) is 9.40. The molecule has 0 saturated heterocycles. The minimum Gasteiger partial charge on any atom is -0.204 e. The number of unbranched alkanes of at least 4 members (excludes halogenated alkanes) is 6. The summed E-state index contributed by atoms with van der Waals surface area (Å²) in [6.45, 7) is 5.40. The summed E-state index contributed by atoms with van der Waals surface area (Å²) in [5, 5.41) is 8.74. The van der Waals surface area contributed by atoms with Gasteiger partial charge in [-0.1, -0.05) is 52.4 Å². The second-order valence-electron chi connectivity index (χ2n) is 3.90. The standard InChI is InChI=1S/C12H26O4/c1-3-5-7-8-9-10-12-14-16-15-13-11-6-4-2/h3-12H2,1-2H3. The fraction of sp³-hybridized carbons (Fsp3) is 1.00. The van der Waals surface area contributed by atoms with Crippen molar-refractivity contribution in [1.29, 1.82) is 0 Å². The number of hydrogen-bond acceptors (Lipinski definition) is 4. The van der Waals surface area contributed by atoms with Crippen LogP contribution in [-0.2, 0) is 19.9 Å². The maximum Gasteiger partial charge on any atom is 0.0854 e. The summed E-state index contributed by atoms with van der Waals surface area (Å²) >= 11 is 0. The Hall–Kier alpha value is -0.160. The van der Waals surface area contributed by atoms with Crippen LogP contribution in [0.3, 0.4) is 0 Å². The van der Waals surface area contributed by atoms with Crippen LogP contribution in [0, 0.1) is 0 Å². The molecule has 0 aromatic carbocycles. The topological polar surface area (TPSA) is 36.9 Å². The molecular weight excluding hydrogens is 208 g/mol. The molecule has 0 bridgehead atoms. The lowest BCUT2D eigenvalue weighted by molar-refractivity contribution is -0.634. The van der Waals surface area contributed by atoms with Crippen molar-refractivity contribution in [2.45, 2.75) is 65.2 Å². The van der Waals surface area contributed by atoms with Gasteiger partial charge in [0.2, 0.25) is 0 Å². The van der Waals surface area contributed by atoms with Crippen molar-refractivity contribution in [3.8, 4) is 0 Å². The Balaban J connectivity index is 2.83. The molecule has 0 saturated carbocycles. The highest BCUT2D eigenvalue weighted by atomic mass is 17.7. The summed E-state index contributed by atoms with van der Waals surface area (Å²) in [5.74, 6) is 0. The Morgan fingerprint density at radius 1 is 0.562 bits per heavy atom. The average molecular weight is 234 g/mol. The van der Waals surface area contributed by atoms with Gasteiger partial charge in [-0.25, -0.2) is 9.78 Å². The van der Waals surface area contributed by atoms with E-state index in [0.717, 1.165) is 19.3 Å². The zero-order valence-corrected chi connectivity index (χ0v) is 10.7. The largest absolute Gasteiger partial charge is 0.204 e. The van der Waals surface area contributed by atoms with Gasteiger partial charge in [-0.15, -0.1) is 0 Å². The molecule has 0 aromatic rings. The molecule has 0 spiro atoms. The minimum absolute atomic E-state index is 0.539. The molecule has 4 heteroatoms. The van der Waals surface area contributed by atoms with Gasteiger partial charge in [0.25, 0.3) is 0 Å². The second kappa shape index (κ2) is 14.8. The lowest BCUT2D eigenvalue weighted by Crippen LogP contribution is -2.01. The molecule has 0 rings (SSSR count). The van der Waals surface area contributed by atoms with E-state index >= 15 is 0 Å². The van der Waals surface area contributed by atoms with Crippen LogP contribution in [0.25, 0.3) is 0 Å². The molecule has 98 valence electrons. The Morgan fingerprint density at radius 3 is 1.69 bits per heavy atom. The monoisotopic (exact) mass is 234 g/mol. The van der Waals surface area contributed by atoms with E-state index < -0.39 is 0 Å². The van der Waals surface area contributed by atoms with Crippen molar-refractivity contribution >= 4 is 0 Å². The van der Waals surface area contributed by atoms with Crippen LogP contribution in [0.1, 0.15) is 65.2 Å². The van der Waals surface area contributed by atoms with Gasteiger partial charge in [-0.2, -0.15) is 0 Å². The van der Waals surface area contributed by atoms with Crippen LogP contribution >= 0.6 is 0 Å². The van der Waals surface area contributed by atoms with E-state index in [1.807, 2.05) is 0 Å². The third kappa shape index (κ3) is 13.8. The van der Waals surface area contributed by atoms with Crippen molar-refractivity contribution in [3.05, 3.63) is 0 Å². The van der Waals surface area contributed by atoms with Crippen LogP contribution in [0.4, 0.5) is 0 Å². The van der Waals surface area contributed by atoms with E-state index in [1.165, 1.54) is 32.1 Å². The summed E-state index contributed by atoms with van der Waals surface area (Å²) in [7, 11) is 0. The van der Waals surface area contributed by atoms with Crippen LogP contribution < -0.4 is 0 Å². The molecule has 0 aliphatic heterocycles. The fourth-order valence-corrected chi connectivity index (χ4v) is 1.25. The van der Waals surface area contributed by atoms with E-state index in [4.69, 9.17) is 4.89 Å². The molecule has 0 aliphatic carbocycles. The SMILES string of the molecule is CCCCCCCCOOOOCCCC. The predicted octanol–water partition coefficient (Wildman–Crippen LogP) is 3.96. The van der Waals surface area contributed by atoms with Crippen LogP contribution in [0.15, 0.2) is 0 Å². The lowest BCUT2D eigenvalue weighted by Gasteiger charge is -2.02. The van der Waals surface area contributed by atoms with Crippen molar-refractivity contribution in [1.82, 2.24) is 0 Å². The molecule has 0 unspecified atom stereocenters. The molecule has 0 aromatic heterocycles.